The number of nitrogens with one attached hydrogen (secondary N) is 2. The van der Waals surface area contributed by atoms with Crippen molar-refractivity contribution < 1.29 is 0 Å². The summed E-state index contributed by atoms with van der Waals surface area (Å²) in [5.74, 6) is 1.65. The minimum absolute atomic E-state index is 0.474. The molecule has 0 aromatic rings. The summed E-state index contributed by atoms with van der Waals surface area (Å²) in [5.41, 5.74) is 0. The van der Waals surface area contributed by atoms with Crippen molar-refractivity contribution in [3.8, 4) is 0 Å². The van der Waals surface area contributed by atoms with E-state index in [9.17, 15) is 0 Å². The first kappa shape index (κ1) is 13.0. The van der Waals surface area contributed by atoms with Crippen molar-refractivity contribution in [2.45, 2.75) is 65.6 Å². The fraction of sp³-hybridized carbons (Fsp3) is 1.00. The van der Waals surface area contributed by atoms with Gasteiger partial charge in [0.1, 0.15) is 0 Å². The summed E-state index contributed by atoms with van der Waals surface area (Å²) < 4.78 is 0. The molecule has 90 valence electrons. The molecule has 2 nitrogen and oxygen atoms in total. The SMILES string of the molecule is CCCC(C)C1CC(C)CCNC(C)N1. The van der Waals surface area contributed by atoms with Crippen molar-refractivity contribution in [1.82, 2.24) is 10.6 Å². The molecule has 0 aromatic carbocycles. The Bertz CT molecular complexity index is 158. The molecule has 2 N–H and O–H groups in total. The van der Waals surface area contributed by atoms with E-state index >= 15 is 0 Å². The van der Waals surface area contributed by atoms with Crippen LogP contribution < -0.4 is 10.6 Å². The second-order valence-corrected chi connectivity index (χ2v) is 5.34. The highest BCUT2D eigenvalue weighted by atomic mass is 15.1. The van der Waals surface area contributed by atoms with Crippen LogP contribution in [0.25, 0.3) is 0 Å². The highest BCUT2D eigenvalue weighted by Gasteiger charge is 2.22. The molecule has 1 fully saturated rings. The second-order valence-electron chi connectivity index (χ2n) is 5.34. The Kier molecular flexibility index (Phi) is 5.62. The van der Waals surface area contributed by atoms with Gasteiger partial charge in [0, 0.05) is 6.04 Å². The van der Waals surface area contributed by atoms with Gasteiger partial charge in [-0.1, -0.05) is 27.2 Å². The third kappa shape index (κ3) is 4.52. The quantitative estimate of drug-likeness (QED) is 0.751. The van der Waals surface area contributed by atoms with Crippen LogP contribution in [0.2, 0.25) is 0 Å². The molecule has 4 atom stereocenters. The van der Waals surface area contributed by atoms with Crippen molar-refractivity contribution in [3.05, 3.63) is 0 Å². The van der Waals surface area contributed by atoms with Gasteiger partial charge in [-0.25, -0.2) is 0 Å². The Balaban J connectivity index is 2.49. The van der Waals surface area contributed by atoms with Gasteiger partial charge in [-0.15, -0.1) is 0 Å². The van der Waals surface area contributed by atoms with Gasteiger partial charge in [0.2, 0.25) is 0 Å². The van der Waals surface area contributed by atoms with Crippen LogP contribution in [0.5, 0.6) is 0 Å². The third-order valence-corrected chi connectivity index (χ3v) is 3.64. The molecule has 15 heavy (non-hydrogen) atoms. The van der Waals surface area contributed by atoms with Crippen LogP contribution in [0.15, 0.2) is 0 Å². The average molecular weight is 212 g/mol. The summed E-state index contributed by atoms with van der Waals surface area (Å²) in [5, 5.41) is 7.25. The van der Waals surface area contributed by atoms with Crippen molar-refractivity contribution in [3.63, 3.8) is 0 Å². The fourth-order valence-electron chi connectivity index (χ4n) is 2.60. The van der Waals surface area contributed by atoms with Crippen LogP contribution in [0.4, 0.5) is 0 Å². The van der Waals surface area contributed by atoms with Gasteiger partial charge in [0.05, 0.1) is 6.17 Å². The number of hydrogen-bond acceptors (Lipinski definition) is 2. The van der Waals surface area contributed by atoms with Crippen molar-refractivity contribution >= 4 is 0 Å². The predicted octanol–water partition coefficient (Wildman–Crippen LogP) is 2.75. The Morgan fingerprint density at radius 2 is 2.07 bits per heavy atom. The first-order chi connectivity index (χ1) is 7.13. The molecular weight excluding hydrogens is 184 g/mol. The summed E-state index contributed by atoms with van der Waals surface area (Å²) in [6, 6.07) is 0.697. The van der Waals surface area contributed by atoms with E-state index in [4.69, 9.17) is 0 Å². The molecular formula is C13H28N2. The van der Waals surface area contributed by atoms with E-state index in [-0.39, 0.29) is 0 Å². The summed E-state index contributed by atoms with van der Waals surface area (Å²) in [6.07, 6.45) is 5.78. The molecule has 0 radical (unpaired) electrons. The largest absolute Gasteiger partial charge is 0.302 e. The van der Waals surface area contributed by atoms with Gasteiger partial charge >= 0.3 is 0 Å². The molecule has 1 heterocycles. The maximum Gasteiger partial charge on any atom is 0.0544 e. The van der Waals surface area contributed by atoms with E-state index < -0.39 is 0 Å². The van der Waals surface area contributed by atoms with Gasteiger partial charge in [-0.3, -0.25) is 5.32 Å². The van der Waals surface area contributed by atoms with Gasteiger partial charge in [-0.2, -0.15) is 0 Å². The number of hydrogen-bond donors (Lipinski definition) is 2. The van der Waals surface area contributed by atoms with Crippen LogP contribution in [0, 0.1) is 11.8 Å². The zero-order valence-electron chi connectivity index (χ0n) is 10.8. The molecule has 0 amide bonds. The van der Waals surface area contributed by atoms with Gasteiger partial charge in [-0.05, 0) is 44.6 Å². The summed E-state index contributed by atoms with van der Waals surface area (Å²) >= 11 is 0. The molecule has 1 rings (SSSR count). The lowest BCUT2D eigenvalue weighted by Gasteiger charge is -2.33. The van der Waals surface area contributed by atoms with E-state index in [0.717, 1.165) is 18.4 Å². The Hall–Kier alpha value is -0.0800. The first-order valence-electron chi connectivity index (χ1n) is 6.63. The molecule has 0 bridgehead atoms. The lowest BCUT2D eigenvalue weighted by molar-refractivity contribution is 0.235. The lowest BCUT2D eigenvalue weighted by atomic mass is 9.87. The smallest absolute Gasteiger partial charge is 0.0544 e. The molecule has 0 aliphatic carbocycles. The minimum atomic E-state index is 0.474. The zero-order valence-corrected chi connectivity index (χ0v) is 10.8. The fourth-order valence-corrected chi connectivity index (χ4v) is 2.60. The summed E-state index contributed by atoms with van der Waals surface area (Å²) in [6.45, 7) is 10.4. The van der Waals surface area contributed by atoms with Crippen LogP contribution in [-0.2, 0) is 0 Å². The standard InChI is InChI=1S/C13H28N2/c1-5-6-11(3)13-9-10(2)7-8-14-12(4)15-13/h10-15H,5-9H2,1-4H3. The topological polar surface area (TPSA) is 24.1 Å². The number of rotatable bonds is 3. The van der Waals surface area contributed by atoms with Crippen LogP contribution in [-0.4, -0.2) is 18.8 Å². The average Bonchev–Trinajstić information content (AvgIpc) is 2.14. The molecule has 2 heteroatoms. The van der Waals surface area contributed by atoms with Crippen molar-refractivity contribution in [1.29, 1.82) is 0 Å². The van der Waals surface area contributed by atoms with Gasteiger partial charge in [0.25, 0.3) is 0 Å². The highest BCUT2D eigenvalue weighted by Crippen LogP contribution is 2.21. The molecule has 1 aliphatic heterocycles. The molecule has 1 saturated heterocycles. The monoisotopic (exact) mass is 212 g/mol. The molecule has 0 spiro atoms. The molecule has 0 aromatic heterocycles. The maximum atomic E-state index is 3.72. The zero-order chi connectivity index (χ0) is 11.3. The predicted molar refractivity (Wildman–Crippen MR) is 66.9 cm³/mol. The van der Waals surface area contributed by atoms with Crippen LogP contribution in [0.1, 0.15) is 53.4 Å². The summed E-state index contributed by atoms with van der Waals surface area (Å²) in [4.78, 5) is 0. The third-order valence-electron chi connectivity index (χ3n) is 3.64. The van der Waals surface area contributed by atoms with Crippen LogP contribution in [0.3, 0.4) is 0 Å². The maximum absolute atomic E-state index is 3.72. The van der Waals surface area contributed by atoms with E-state index in [1.54, 1.807) is 0 Å². The Morgan fingerprint density at radius 3 is 2.73 bits per heavy atom. The van der Waals surface area contributed by atoms with Gasteiger partial charge < -0.3 is 5.32 Å². The normalized spacial score (nSPS) is 35.6. The Labute approximate surface area is 95.2 Å². The van der Waals surface area contributed by atoms with Crippen molar-refractivity contribution in [2.24, 2.45) is 11.8 Å². The highest BCUT2D eigenvalue weighted by molar-refractivity contribution is 4.80. The minimum Gasteiger partial charge on any atom is -0.302 e. The lowest BCUT2D eigenvalue weighted by Crippen LogP contribution is -2.50. The van der Waals surface area contributed by atoms with E-state index in [2.05, 4.69) is 38.3 Å². The Morgan fingerprint density at radius 1 is 1.33 bits per heavy atom. The molecule has 4 unspecified atom stereocenters. The molecule has 1 aliphatic rings. The molecule has 0 saturated carbocycles. The van der Waals surface area contributed by atoms with Crippen LogP contribution >= 0.6 is 0 Å². The van der Waals surface area contributed by atoms with E-state index in [1.807, 2.05) is 0 Å². The van der Waals surface area contributed by atoms with Gasteiger partial charge in [0.15, 0.2) is 0 Å². The van der Waals surface area contributed by atoms with E-state index in [0.29, 0.717) is 12.2 Å². The summed E-state index contributed by atoms with van der Waals surface area (Å²) in [7, 11) is 0. The second kappa shape index (κ2) is 6.49. The first-order valence-corrected chi connectivity index (χ1v) is 6.63. The van der Waals surface area contributed by atoms with E-state index in [1.165, 1.54) is 25.7 Å². The van der Waals surface area contributed by atoms with Crippen molar-refractivity contribution in [2.75, 3.05) is 6.54 Å².